The van der Waals surface area contributed by atoms with Crippen LogP contribution in [0.5, 0.6) is 0 Å². The number of carbonyl (C=O) groups is 1. The number of aromatic nitrogens is 7. The fourth-order valence-corrected chi connectivity index (χ4v) is 4.72. The molecule has 10 nitrogen and oxygen atoms in total. The average Bonchev–Trinajstić information content (AvgIpc) is 3.58. The van der Waals surface area contributed by atoms with Crippen LogP contribution in [0.1, 0.15) is 47.4 Å². The van der Waals surface area contributed by atoms with Crippen molar-refractivity contribution in [2.45, 2.75) is 39.7 Å². The van der Waals surface area contributed by atoms with Gasteiger partial charge in [0.25, 0.3) is 0 Å². The lowest BCUT2D eigenvalue weighted by Crippen LogP contribution is -2.26. The highest BCUT2D eigenvalue weighted by molar-refractivity contribution is 5.92. The lowest BCUT2D eigenvalue weighted by Gasteiger charge is -2.12. The Kier molecular flexibility index (Phi) is 6.94. The van der Waals surface area contributed by atoms with Gasteiger partial charge in [-0.05, 0) is 52.4 Å². The Morgan fingerprint density at radius 3 is 2.55 bits per heavy atom. The number of hydrogen-bond donors (Lipinski definition) is 2. The number of hydrogen-bond acceptors (Lipinski definition) is 6. The molecule has 3 aromatic heterocycles. The summed E-state index contributed by atoms with van der Waals surface area (Å²) in [6.45, 7) is 4.37. The SMILES string of the molecule is CCCc1cn(-c2c(CC)cccc2C(=O)O)c(=O)n1Cc1ccc(-c2ccncc2-c2nn[nH]n2)cc1. The van der Waals surface area contributed by atoms with E-state index >= 15 is 0 Å². The lowest BCUT2D eigenvalue weighted by molar-refractivity contribution is 0.0696. The summed E-state index contributed by atoms with van der Waals surface area (Å²) >= 11 is 0. The zero-order valence-corrected chi connectivity index (χ0v) is 21.1. The predicted octanol–water partition coefficient (Wildman–Crippen LogP) is 4.14. The van der Waals surface area contributed by atoms with Crippen LogP contribution >= 0.6 is 0 Å². The van der Waals surface area contributed by atoms with E-state index in [1.54, 1.807) is 35.3 Å². The van der Waals surface area contributed by atoms with Gasteiger partial charge in [-0.3, -0.25) is 14.1 Å². The summed E-state index contributed by atoms with van der Waals surface area (Å²) in [6, 6.07) is 15.0. The molecule has 0 fully saturated rings. The second kappa shape index (κ2) is 10.6. The number of aromatic carboxylic acids is 1. The Labute approximate surface area is 218 Å². The molecular weight excluding hydrogens is 482 g/mol. The van der Waals surface area contributed by atoms with Crippen molar-refractivity contribution >= 4 is 5.97 Å². The second-order valence-corrected chi connectivity index (χ2v) is 8.93. The molecule has 0 amide bonds. The molecule has 38 heavy (non-hydrogen) atoms. The Hall–Kier alpha value is -4.86. The number of aromatic amines is 1. The molecule has 0 aliphatic rings. The van der Waals surface area contributed by atoms with Crippen LogP contribution < -0.4 is 5.69 Å². The summed E-state index contributed by atoms with van der Waals surface area (Å²) in [5.41, 5.74) is 5.55. The van der Waals surface area contributed by atoms with Gasteiger partial charge in [-0.1, -0.05) is 56.7 Å². The minimum absolute atomic E-state index is 0.116. The van der Waals surface area contributed by atoms with Gasteiger partial charge in [-0.25, -0.2) is 9.59 Å². The maximum absolute atomic E-state index is 13.7. The van der Waals surface area contributed by atoms with Gasteiger partial charge in [0.2, 0.25) is 5.82 Å². The van der Waals surface area contributed by atoms with Gasteiger partial charge in [0.05, 0.1) is 17.8 Å². The molecule has 0 unspecified atom stereocenters. The summed E-state index contributed by atoms with van der Waals surface area (Å²) in [6.07, 6.45) is 7.36. The van der Waals surface area contributed by atoms with Crippen LogP contribution in [-0.2, 0) is 19.4 Å². The Morgan fingerprint density at radius 2 is 1.87 bits per heavy atom. The molecule has 0 bridgehead atoms. The monoisotopic (exact) mass is 509 g/mol. The molecule has 0 aliphatic heterocycles. The molecule has 5 rings (SSSR count). The van der Waals surface area contributed by atoms with Gasteiger partial charge >= 0.3 is 11.7 Å². The van der Waals surface area contributed by atoms with E-state index in [1.165, 1.54) is 4.57 Å². The van der Waals surface area contributed by atoms with Gasteiger partial charge in [-0.2, -0.15) is 5.21 Å². The molecule has 0 saturated heterocycles. The van der Waals surface area contributed by atoms with Crippen molar-refractivity contribution in [1.29, 1.82) is 0 Å². The first-order valence-electron chi connectivity index (χ1n) is 12.5. The van der Waals surface area contributed by atoms with E-state index < -0.39 is 5.97 Å². The molecule has 0 atom stereocenters. The van der Waals surface area contributed by atoms with E-state index in [0.29, 0.717) is 30.9 Å². The maximum atomic E-state index is 13.7. The highest BCUT2D eigenvalue weighted by Gasteiger charge is 2.20. The van der Waals surface area contributed by atoms with Gasteiger partial charge < -0.3 is 5.11 Å². The van der Waals surface area contributed by atoms with Crippen molar-refractivity contribution in [2.75, 3.05) is 0 Å². The molecule has 0 spiro atoms. The van der Waals surface area contributed by atoms with Gasteiger partial charge in [0.1, 0.15) is 0 Å². The molecule has 0 saturated carbocycles. The minimum Gasteiger partial charge on any atom is -0.478 e. The van der Waals surface area contributed by atoms with E-state index in [4.69, 9.17) is 0 Å². The number of carboxylic acids is 1. The number of nitrogens with one attached hydrogen (secondary N) is 1. The summed E-state index contributed by atoms with van der Waals surface area (Å²) in [7, 11) is 0. The van der Waals surface area contributed by atoms with E-state index in [0.717, 1.165) is 39.9 Å². The van der Waals surface area contributed by atoms with Crippen molar-refractivity contribution in [1.82, 2.24) is 34.7 Å². The average molecular weight is 510 g/mol. The van der Waals surface area contributed by atoms with E-state index in [1.807, 2.05) is 43.3 Å². The normalized spacial score (nSPS) is 11.1. The number of para-hydroxylation sites is 1. The third-order valence-corrected chi connectivity index (χ3v) is 6.55. The summed E-state index contributed by atoms with van der Waals surface area (Å²) in [4.78, 5) is 29.9. The summed E-state index contributed by atoms with van der Waals surface area (Å²) in [5.74, 6) is -0.596. The number of pyridine rings is 1. The maximum Gasteiger partial charge on any atom is 0.337 e. The van der Waals surface area contributed by atoms with Crippen molar-refractivity contribution < 1.29 is 9.90 Å². The number of carboxylic acid groups (broad SMARTS) is 1. The Bertz CT molecular complexity index is 1630. The summed E-state index contributed by atoms with van der Waals surface area (Å²) < 4.78 is 3.23. The number of imidazole rings is 1. The molecule has 2 aromatic carbocycles. The van der Waals surface area contributed by atoms with Crippen LogP contribution in [0.25, 0.3) is 28.2 Å². The smallest absolute Gasteiger partial charge is 0.337 e. The second-order valence-electron chi connectivity index (χ2n) is 8.93. The van der Waals surface area contributed by atoms with Crippen LogP contribution in [0, 0.1) is 0 Å². The van der Waals surface area contributed by atoms with Crippen LogP contribution in [0.3, 0.4) is 0 Å². The zero-order valence-electron chi connectivity index (χ0n) is 21.1. The fraction of sp³-hybridized carbons (Fsp3) is 0.214. The molecule has 0 aliphatic carbocycles. The number of benzene rings is 2. The Balaban J connectivity index is 1.52. The molecular formula is C28H27N7O3. The number of nitrogens with zero attached hydrogens (tertiary/aromatic N) is 6. The number of tetrazole rings is 1. The topological polar surface area (TPSA) is 132 Å². The van der Waals surface area contributed by atoms with E-state index in [-0.39, 0.29) is 11.3 Å². The van der Waals surface area contributed by atoms with Gasteiger partial charge in [0.15, 0.2) is 0 Å². The van der Waals surface area contributed by atoms with Crippen LogP contribution in [0.15, 0.2) is 71.9 Å². The highest BCUT2D eigenvalue weighted by Crippen LogP contribution is 2.29. The van der Waals surface area contributed by atoms with Gasteiger partial charge in [0, 0.05) is 29.8 Å². The minimum atomic E-state index is -1.06. The zero-order chi connectivity index (χ0) is 26.6. The molecule has 10 heteroatoms. The lowest BCUT2D eigenvalue weighted by atomic mass is 10.00. The quantitative estimate of drug-likeness (QED) is 0.305. The summed E-state index contributed by atoms with van der Waals surface area (Å²) in [5, 5.41) is 24.1. The fourth-order valence-electron chi connectivity index (χ4n) is 4.72. The van der Waals surface area contributed by atoms with Gasteiger partial charge in [-0.15, -0.1) is 10.2 Å². The van der Waals surface area contributed by atoms with E-state index in [9.17, 15) is 14.7 Å². The predicted molar refractivity (Wildman–Crippen MR) is 142 cm³/mol. The van der Waals surface area contributed by atoms with Crippen LogP contribution in [-0.4, -0.2) is 45.8 Å². The Morgan fingerprint density at radius 1 is 1.05 bits per heavy atom. The third-order valence-electron chi connectivity index (χ3n) is 6.55. The van der Waals surface area contributed by atoms with Crippen molar-refractivity contribution in [3.63, 3.8) is 0 Å². The number of rotatable bonds is 9. The van der Waals surface area contributed by atoms with Crippen molar-refractivity contribution in [2.24, 2.45) is 0 Å². The molecule has 0 radical (unpaired) electrons. The first kappa shape index (κ1) is 24.8. The first-order chi connectivity index (χ1) is 18.5. The van der Waals surface area contributed by atoms with Crippen molar-refractivity contribution in [3.05, 3.63) is 100.0 Å². The third kappa shape index (κ3) is 4.63. The standard InChI is InChI=1S/C28H27N7O3/c1-3-6-21-17-35(25-19(4-2)7-5-8-23(25)27(36)37)28(38)34(21)16-18-9-11-20(12-10-18)22-13-14-29-15-24(22)26-30-32-33-31-26/h5,7-15,17H,3-4,6,16H2,1-2H3,(H,36,37)(H,30,31,32,33). The molecule has 192 valence electrons. The number of H-pyrrole nitrogens is 1. The van der Waals surface area contributed by atoms with Crippen LogP contribution in [0.2, 0.25) is 0 Å². The van der Waals surface area contributed by atoms with Crippen LogP contribution in [0.4, 0.5) is 0 Å². The van der Waals surface area contributed by atoms with Crippen molar-refractivity contribution in [3.8, 4) is 28.2 Å². The number of aryl methyl sites for hydroxylation is 2. The molecule has 5 aromatic rings. The largest absolute Gasteiger partial charge is 0.478 e. The highest BCUT2D eigenvalue weighted by atomic mass is 16.4. The van der Waals surface area contributed by atoms with E-state index in [2.05, 4.69) is 32.5 Å². The first-order valence-corrected chi connectivity index (χ1v) is 12.5. The molecule has 2 N–H and O–H groups in total. The molecule has 3 heterocycles.